The number of piperazine rings is 1. The third kappa shape index (κ3) is 5.02. The van der Waals surface area contributed by atoms with E-state index in [1.54, 1.807) is 12.1 Å². The zero-order chi connectivity index (χ0) is 17.6. The number of carbonyl (C=O) groups excluding carboxylic acids is 1. The number of carbonyl (C=O) groups is 1. The van der Waals surface area contributed by atoms with E-state index in [0.29, 0.717) is 25.2 Å². The van der Waals surface area contributed by atoms with Crippen molar-refractivity contribution in [3.8, 4) is 0 Å². The molecule has 1 aromatic rings. The van der Waals surface area contributed by atoms with Crippen molar-refractivity contribution in [2.24, 2.45) is 0 Å². The average molecular weight is 347 g/mol. The lowest BCUT2D eigenvalue weighted by Crippen LogP contribution is -2.54. The maximum atomic E-state index is 13.2. The van der Waals surface area contributed by atoms with E-state index in [2.05, 4.69) is 22.0 Å². The van der Waals surface area contributed by atoms with Gasteiger partial charge in [0.05, 0.1) is 6.54 Å². The molecule has 25 heavy (non-hydrogen) atoms. The standard InChI is InChI=1S/C20H30FN3O/c1-16-13-22-11-12-23(16)15-20(25)24(19-5-3-2-4-6-19)14-17-7-9-18(21)10-8-17/h7-10,16,19,22H,2-6,11-15H2,1H3/t16-/m0/s1. The van der Waals surface area contributed by atoms with E-state index in [9.17, 15) is 9.18 Å². The highest BCUT2D eigenvalue weighted by Crippen LogP contribution is 2.24. The molecule has 1 aromatic carbocycles. The van der Waals surface area contributed by atoms with E-state index in [1.165, 1.54) is 31.4 Å². The van der Waals surface area contributed by atoms with Gasteiger partial charge in [-0.2, -0.15) is 0 Å². The van der Waals surface area contributed by atoms with Crippen LogP contribution in [0.5, 0.6) is 0 Å². The fraction of sp³-hybridized carbons (Fsp3) is 0.650. The summed E-state index contributed by atoms with van der Waals surface area (Å²) < 4.78 is 13.2. The Hall–Kier alpha value is -1.46. The van der Waals surface area contributed by atoms with Crippen LogP contribution in [0.1, 0.15) is 44.6 Å². The monoisotopic (exact) mass is 347 g/mol. The molecular formula is C20H30FN3O. The van der Waals surface area contributed by atoms with Gasteiger partial charge in [0.1, 0.15) is 5.82 Å². The summed E-state index contributed by atoms with van der Waals surface area (Å²) in [4.78, 5) is 17.5. The maximum Gasteiger partial charge on any atom is 0.237 e. The van der Waals surface area contributed by atoms with E-state index < -0.39 is 0 Å². The third-order valence-corrected chi connectivity index (χ3v) is 5.58. The van der Waals surface area contributed by atoms with Crippen LogP contribution in [0, 0.1) is 5.82 Å². The minimum absolute atomic E-state index is 0.213. The minimum Gasteiger partial charge on any atom is -0.334 e. The topological polar surface area (TPSA) is 35.6 Å². The van der Waals surface area contributed by atoms with Crippen molar-refractivity contribution in [1.82, 2.24) is 15.1 Å². The third-order valence-electron chi connectivity index (χ3n) is 5.58. The first-order chi connectivity index (χ1) is 12.1. The lowest BCUT2D eigenvalue weighted by Gasteiger charge is -2.38. The van der Waals surface area contributed by atoms with Crippen molar-refractivity contribution >= 4 is 5.91 Å². The number of benzene rings is 1. The fourth-order valence-electron chi connectivity index (χ4n) is 3.98. The highest BCUT2D eigenvalue weighted by Gasteiger charge is 2.28. The van der Waals surface area contributed by atoms with E-state index in [-0.39, 0.29) is 11.7 Å². The summed E-state index contributed by atoms with van der Waals surface area (Å²) in [6.07, 6.45) is 5.84. The molecule has 1 amide bonds. The molecule has 2 fully saturated rings. The Balaban J connectivity index is 1.70. The molecule has 1 saturated carbocycles. The first kappa shape index (κ1) is 18.3. The Kier molecular flexibility index (Phi) is 6.43. The summed E-state index contributed by atoms with van der Waals surface area (Å²) in [5.74, 6) is -0.0149. The van der Waals surface area contributed by atoms with E-state index >= 15 is 0 Å². The van der Waals surface area contributed by atoms with Gasteiger partial charge < -0.3 is 10.2 Å². The van der Waals surface area contributed by atoms with Crippen LogP contribution < -0.4 is 5.32 Å². The highest BCUT2D eigenvalue weighted by atomic mass is 19.1. The van der Waals surface area contributed by atoms with Gasteiger partial charge in [-0.1, -0.05) is 31.4 Å². The molecule has 2 aliphatic rings. The first-order valence-corrected chi connectivity index (χ1v) is 9.62. The molecule has 1 atom stereocenters. The molecule has 1 aliphatic carbocycles. The first-order valence-electron chi connectivity index (χ1n) is 9.62. The molecule has 1 heterocycles. The normalized spacial score (nSPS) is 22.7. The van der Waals surface area contributed by atoms with Crippen LogP contribution in [-0.4, -0.2) is 54.0 Å². The smallest absolute Gasteiger partial charge is 0.237 e. The van der Waals surface area contributed by atoms with Crippen LogP contribution in [0.15, 0.2) is 24.3 Å². The predicted molar refractivity (Wildman–Crippen MR) is 97.7 cm³/mol. The van der Waals surface area contributed by atoms with Gasteiger partial charge in [0.25, 0.3) is 0 Å². The van der Waals surface area contributed by atoms with Gasteiger partial charge in [-0.25, -0.2) is 4.39 Å². The molecule has 4 nitrogen and oxygen atoms in total. The number of halogens is 1. The number of rotatable bonds is 5. The summed E-state index contributed by atoms with van der Waals surface area (Å²) in [6, 6.07) is 7.27. The molecule has 1 saturated heterocycles. The Morgan fingerprint density at radius 2 is 1.96 bits per heavy atom. The molecule has 0 bridgehead atoms. The molecule has 138 valence electrons. The highest BCUT2D eigenvalue weighted by molar-refractivity contribution is 5.78. The molecule has 0 unspecified atom stereocenters. The van der Waals surface area contributed by atoms with Gasteiger partial charge in [0.15, 0.2) is 0 Å². The van der Waals surface area contributed by atoms with Crippen LogP contribution in [0.3, 0.4) is 0 Å². The molecule has 0 radical (unpaired) electrons. The van der Waals surface area contributed by atoms with Crippen molar-refractivity contribution in [1.29, 1.82) is 0 Å². The molecule has 0 spiro atoms. The molecule has 1 aliphatic heterocycles. The number of amides is 1. The fourth-order valence-corrected chi connectivity index (χ4v) is 3.98. The average Bonchev–Trinajstić information content (AvgIpc) is 2.64. The van der Waals surface area contributed by atoms with Crippen LogP contribution >= 0.6 is 0 Å². The van der Waals surface area contributed by atoms with Gasteiger partial charge in [-0.05, 0) is 37.5 Å². The van der Waals surface area contributed by atoms with Crippen molar-refractivity contribution < 1.29 is 9.18 Å². The summed E-state index contributed by atoms with van der Waals surface area (Å²) in [7, 11) is 0. The van der Waals surface area contributed by atoms with Crippen LogP contribution in [0.25, 0.3) is 0 Å². The second kappa shape index (κ2) is 8.77. The lowest BCUT2D eigenvalue weighted by molar-refractivity contribution is -0.137. The van der Waals surface area contributed by atoms with Crippen LogP contribution in [-0.2, 0) is 11.3 Å². The summed E-state index contributed by atoms with van der Waals surface area (Å²) in [6.45, 7) is 6.05. The van der Waals surface area contributed by atoms with Gasteiger partial charge in [0, 0.05) is 38.3 Å². The molecule has 5 heteroatoms. The van der Waals surface area contributed by atoms with Crippen LogP contribution in [0.2, 0.25) is 0 Å². The lowest BCUT2D eigenvalue weighted by atomic mass is 9.93. The van der Waals surface area contributed by atoms with E-state index in [4.69, 9.17) is 0 Å². The van der Waals surface area contributed by atoms with Gasteiger partial charge in [-0.15, -0.1) is 0 Å². The number of hydrogen-bond donors (Lipinski definition) is 1. The van der Waals surface area contributed by atoms with E-state index in [0.717, 1.165) is 38.0 Å². The van der Waals surface area contributed by atoms with Gasteiger partial charge in [-0.3, -0.25) is 9.69 Å². The molecule has 0 aromatic heterocycles. The summed E-state index contributed by atoms with van der Waals surface area (Å²) >= 11 is 0. The quantitative estimate of drug-likeness (QED) is 0.890. The second-order valence-electron chi connectivity index (χ2n) is 7.46. The zero-order valence-electron chi connectivity index (χ0n) is 15.2. The summed E-state index contributed by atoms with van der Waals surface area (Å²) in [5.41, 5.74) is 1.01. The largest absolute Gasteiger partial charge is 0.334 e. The van der Waals surface area contributed by atoms with E-state index in [1.807, 2.05) is 0 Å². The number of hydrogen-bond acceptors (Lipinski definition) is 3. The van der Waals surface area contributed by atoms with Crippen molar-refractivity contribution in [3.05, 3.63) is 35.6 Å². The molecular weight excluding hydrogens is 317 g/mol. The Morgan fingerprint density at radius 1 is 1.24 bits per heavy atom. The Labute approximate surface area is 150 Å². The number of nitrogens with zero attached hydrogens (tertiary/aromatic N) is 2. The summed E-state index contributed by atoms with van der Waals surface area (Å²) in [5, 5.41) is 3.37. The van der Waals surface area contributed by atoms with Crippen molar-refractivity contribution in [2.45, 2.75) is 57.7 Å². The van der Waals surface area contributed by atoms with Crippen molar-refractivity contribution in [2.75, 3.05) is 26.2 Å². The van der Waals surface area contributed by atoms with Gasteiger partial charge >= 0.3 is 0 Å². The Morgan fingerprint density at radius 3 is 2.64 bits per heavy atom. The maximum absolute atomic E-state index is 13.2. The molecule has 1 N–H and O–H groups in total. The second-order valence-corrected chi connectivity index (χ2v) is 7.46. The SMILES string of the molecule is C[C@H]1CNCCN1CC(=O)N(Cc1ccc(F)cc1)C1CCCCC1. The number of nitrogens with one attached hydrogen (secondary N) is 1. The Bertz CT molecular complexity index is 557. The van der Waals surface area contributed by atoms with Crippen LogP contribution in [0.4, 0.5) is 4.39 Å². The predicted octanol–water partition coefficient (Wildman–Crippen LogP) is 2.78. The zero-order valence-corrected chi connectivity index (χ0v) is 15.2. The molecule has 3 rings (SSSR count). The van der Waals surface area contributed by atoms with Gasteiger partial charge in [0.2, 0.25) is 5.91 Å². The minimum atomic E-state index is -0.228. The van der Waals surface area contributed by atoms with Crippen molar-refractivity contribution in [3.63, 3.8) is 0 Å².